The number of hydrogen-bond donors (Lipinski definition) is 2. The topological polar surface area (TPSA) is 78.7 Å². The summed E-state index contributed by atoms with van der Waals surface area (Å²) in [5, 5.41) is 3.71. The van der Waals surface area contributed by atoms with Gasteiger partial charge in [-0.3, -0.25) is 14.5 Å². The van der Waals surface area contributed by atoms with E-state index in [-0.39, 0.29) is 23.3 Å². The van der Waals surface area contributed by atoms with Gasteiger partial charge in [0, 0.05) is 51.2 Å². The monoisotopic (exact) mass is 308 g/mol. The first-order valence-electron chi connectivity index (χ1n) is 8.55. The summed E-state index contributed by atoms with van der Waals surface area (Å²) >= 11 is 0. The minimum atomic E-state index is -0.144. The van der Waals surface area contributed by atoms with E-state index < -0.39 is 0 Å². The first-order chi connectivity index (χ1) is 10.5. The number of amides is 2. The van der Waals surface area contributed by atoms with E-state index in [9.17, 15) is 9.59 Å². The van der Waals surface area contributed by atoms with Crippen molar-refractivity contribution in [2.24, 2.45) is 11.7 Å². The number of nitrogens with two attached hydrogens (primary N) is 1. The van der Waals surface area contributed by atoms with Gasteiger partial charge in [-0.05, 0) is 32.1 Å². The number of carbonyl (C=O) groups excluding carboxylic acids is 2. The van der Waals surface area contributed by atoms with Gasteiger partial charge in [0.15, 0.2) is 0 Å². The molecule has 22 heavy (non-hydrogen) atoms. The Balaban J connectivity index is 1.56. The van der Waals surface area contributed by atoms with Crippen LogP contribution in [0.2, 0.25) is 0 Å². The summed E-state index contributed by atoms with van der Waals surface area (Å²) in [5.41, 5.74) is 5.58. The Bertz CT molecular complexity index is 447. The van der Waals surface area contributed by atoms with Gasteiger partial charge in [-0.25, -0.2) is 0 Å². The molecule has 3 aliphatic heterocycles. The predicted octanol–water partition coefficient (Wildman–Crippen LogP) is -0.0733. The van der Waals surface area contributed by atoms with Gasteiger partial charge in [0.2, 0.25) is 11.8 Å². The van der Waals surface area contributed by atoms with Gasteiger partial charge in [0.1, 0.15) is 0 Å². The second kappa shape index (κ2) is 6.16. The summed E-state index contributed by atoms with van der Waals surface area (Å²) in [6.07, 6.45) is 5.23. The van der Waals surface area contributed by atoms with Crippen LogP contribution in [0.3, 0.4) is 0 Å². The minimum absolute atomic E-state index is 0.0234. The largest absolute Gasteiger partial charge is 0.369 e. The van der Waals surface area contributed by atoms with Crippen molar-refractivity contribution >= 4 is 11.8 Å². The molecular weight excluding hydrogens is 280 g/mol. The van der Waals surface area contributed by atoms with Crippen LogP contribution in [0, 0.1) is 5.92 Å². The molecule has 3 N–H and O–H groups in total. The highest BCUT2D eigenvalue weighted by molar-refractivity contribution is 5.78. The minimum Gasteiger partial charge on any atom is -0.369 e. The molecule has 0 aromatic carbocycles. The molecule has 0 saturated carbocycles. The number of primary amides is 1. The normalized spacial score (nSPS) is 35.6. The highest BCUT2D eigenvalue weighted by Crippen LogP contribution is 2.42. The van der Waals surface area contributed by atoms with E-state index in [1.165, 1.54) is 6.42 Å². The van der Waals surface area contributed by atoms with Crippen LogP contribution < -0.4 is 11.1 Å². The third kappa shape index (κ3) is 2.99. The van der Waals surface area contributed by atoms with Crippen molar-refractivity contribution in [2.45, 2.75) is 50.6 Å². The molecule has 3 aliphatic rings. The van der Waals surface area contributed by atoms with Gasteiger partial charge in [0.25, 0.3) is 0 Å². The van der Waals surface area contributed by atoms with Gasteiger partial charge in [0.05, 0.1) is 5.92 Å². The molecule has 2 bridgehead atoms. The fourth-order valence-electron chi connectivity index (χ4n) is 4.55. The van der Waals surface area contributed by atoms with Gasteiger partial charge in [-0.15, -0.1) is 0 Å². The molecule has 3 saturated heterocycles. The Kier molecular flexibility index (Phi) is 4.41. The van der Waals surface area contributed by atoms with E-state index in [4.69, 9.17) is 5.73 Å². The molecule has 3 fully saturated rings. The summed E-state index contributed by atoms with van der Waals surface area (Å²) in [6.45, 7) is 6.11. The maximum Gasteiger partial charge on any atom is 0.222 e. The molecule has 6 nitrogen and oxygen atoms in total. The van der Waals surface area contributed by atoms with Crippen LogP contribution in [-0.4, -0.2) is 65.9 Å². The lowest BCUT2D eigenvalue weighted by molar-refractivity contribution is -0.131. The average Bonchev–Trinajstić information content (AvgIpc) is 2.82. The second-order valence-electron chi connectivity index (χ2n) is 7.17. The fraction of sp³-hybridized carbons (Fsp3) is 0.875. The zero-order valence-electron chi connectivity index (χ0n) is 13.5. The van der Waals surface area contributed by atoms with Crippen molar-refractivity contribution in [1.29, 1.82) is 0 Å². The van der Waals surface area contributed by atoms with E-state index in [1.807, 2.05) is 4.90 Å². The number of nitrogens with one attached hydrogen (secondary N) is 1. The quantitative estimate of drug-likeness (QED) is 0.762. The van der Waals surface area contributed by atoms with Crippen molar-refractivity contribution in [1.82, 2.24) is 15.1 Å². The molecular formula is C16H28N4O2. The number of rotatable bonds is 4. The lowest BCUT2D eigenvalue weighted by Crippen LogP contribution is -2.58. The highest BCUT2D eigenvalue weighted by atomic mass is 16.2. The molecule has 0 aromatic heterocycles. The Morgan fingerprint density at radius 2 is 1.91 bits per heavy atom. The number of nitrogens with zero attached hydrogens (tertiary/aromatic N) is 2. The maximum absolute atomic E-state index is 11.8. The van der Waals surface area contributed by atoms with E-state index in [1.54, 1.807) is 6.92 Å². The van der Waals surface area contributed by atoms with E-state index >= 15 is 0 Å². The van der Waals surface area contributed by atoms with Crippen molar-refractivity contribution < 1.29 is 9.59 Å². The molecule has 3 heterocycles. The van der Waals surface area contributed by atoms with Crippen molar-refractivity contribution in [3.05, 3.63) is 0 Å². The first-order valence-corrected chi connectivity index (χ1v) is 8.55. The zero-order chi connectivity index (χ0) is 15.7. The molecule has 0 aliphatic carbocycles. The molecule has 0 radical (unpaired) electrons. The van der Waals surface area contributed by atoms with Crippen LogP contribution >= 0.6 is 0 Å². The number of piperidine rings is 1. The Labute approximate surface area is 132 Å². The van der Waals surface area contributed by atoms with Crippen LogP contribution in [-0.2, 0) is 9.59 Å². The van der Waals surface area contributed by atoms with Crippen LogP contribution in [0.15, 0.2) is 0 Å². The fourth-order valence-corrected chi connectivity index (χ4v) is 4.55. The summed E-state index contributed by atoms with van der Waals surface area (Å²) in [7, 11) is 0. The summed E-state index contributed by atoms with van der Waals surface area (Å²) < 4.78 is 0. The van der Waals surface area contributed by atoms with Crippen LogP contribution in [0.1, 0.15) is 39.0 Å². The third-order valence-corrected chi connectivity index (χ3v) is 5.94. The van der Waals surface area contributed by atoms with E-state index in [0.717, 1.165) is 58.4 Å². The van der Waals surface area contributed by atoms with Crippen LogP contribution in [0.25, 0.3) is 0 Å². The molecule has 124 valence electrons. The number of fused-ring (bicyclic) bond motifs is 2. The van der Waals surface area contributed by atoms with Gasteiger partial charge >= 0.3 is 0 Å². The standard InChI is InChI=1S/C16H28N4O2/c1-12(21)20-10-8-19(9-11-20)7-6-16-5-4-13(18-16)2-3-14(16)15(17)22/h13-14,18H,2-11H2,1H3,(H2,17,22)/t13-,14-,16+/m1/s1. The average molecular weight is 308 g/mol. The second-order valence-corrected chi connectivity index (χ2v) is 7.17. The van der Waals surface area contributed by atoms with Gasteiger partial charge in [-0.1, -0.05) is 0 Å². The summed E-state index contributed by atoms with van der Waals surface area (Å²) in [5.74, 6) is -0.00127. The molecule has 0 unspecified atom stereocenters. The van der Waals surface area contributed by atoms with E-state index in [2.05, 4.69) is 10.2 Å². The van der Waals surface area contributed by atoms with Crippen molar-refractivity contribution in [3.63, 3.8) is 0 Å². The molecule has 2 amide bonds. The maximum atomic E-state index is 11.8. The SMILES string of the molecule is CC(=O)N1CCN(CC[C@@]23CC[C@@H](CC[C@@H]2C(N)=O)N3)CC1. The number of carbonyl (C=O) groups is 2. The van der Waals surface area contributed by atoms with Crippen LogP contribution in [0.5, 0.6) is 0 Å². The Hall–Kier alpha value is -1.14. The molecule has 3 rings (SSSR count). The Morgan fingerprint density at radius 1 is 1.18 bits per heavy atom. The lowest BCUT2D eigenvalue weighted by Gasteiger charge is -2.42. The number of piperazine rings is 1. The van der Waals surface area contributed by atoms with Crippen molar-refractivity contribution in [2.75, 3.05) is 32.7 Å². The number of hydrogen-bond acceptors (Lipinski definition) is 4. The predicted molar refractivity (Wildman–Crippen MR) is 84.1 cm³/mol. The van der Waals surface area contributed by atoms with Crippen LogP contribution in [0.4, 0.5) is 0 Å². The first kappa shape index (κ1) is 15.7. The van der Waals surface area contributed by atoms with Crippen molar-refractivity contribution in [3.8, 4) is 0 Å². The van der Waals surface area contributed by atoms with Gasteiger partial charge in [-0.2, -0.15) is 0 Å². The zero-order valence-corrected chi connectivity index (χ0v) is 13.5. The molecule has 3 atom stereocenters. The lowest BCUT2D eigenvalue weighted by atomic mass is 9.76. The highest BCUT2D eigenvalue weighted by Gasteiger charge is 2.50. The Morgan fingerprint density at radius 3 is 2.55 bits per heavy atom. The molecule has 0 aromatic rings. The molecule has 6 heteroatoms. The smallest absolute Gasteiger partial charge is 0.222 e. The third-order valence-electron chi connectivity index (χ3n) is 5.94. The van der Waals surface area contributed by atoms with Gasteiger partial charge < -0.3 is 16.0 Å². The molecule has 0 spiro atoms. The summed E-state index contributed by atoms with van der Waals surface area (Å²) in [6, 6.07) is 0.574. The summed E-state index contributed by atoms with van der Waals surface area (Å²) in [4.78, 5) is 27.5. The van der Waals surface area contributed by atoms with E-state index in [0.29, 0.717) is 6.04 Å².